The van der Waals surface area contributed by atoms with Crippen LogP contribution in [0.5, 0.6) is 0 Å². The minimum atomic E-state index is -4.53. The molecule has 2 aromatic carbocycles. The molecular weight excluding hydrogens is 498 g/mol. The van der Waals surface area contributed by atoms with E-state index < -0.39 is 26.6 Å². The molecule has 1 aromatic heterocycles. The van der Waals surface area contributed by atoms with Gasteiger partial charge in [-0.2, -0.15) is 0 Å². The molecule has 10 heteroatoms. The number of primary sulfonamides is 1. The highest BCUT2D eigenvalue weighted by Crippen LogP contribution is 2.38. The summed E-state index contributed by atoms with van der Waals surface area (Å²) in [6.07, 6.45) is 0. The van der Waals surface area contributed by atoms with E-state index in [0.29, 0.717) is 22.6 Å². The highest BCUT2D eigenvalue weighted by atomic mass is 79.9. The summed E-state index contributed by atoms with van der Waals surface area (Å²) in [7, 11) is -4.53. The zero-order valence-electron chi connectivity index (χ0n) is 13.1. The molecule has 0 spiro atoms. The van der Waals surface area contributed by atoms with Gasteiger partial charge in [0.1, 0.15) is 23.1 Å². The Kier molecular flexibility index (Phi) is 5.04. The first kappa shape index (κ1) is 19.2. The fourth-order valence-corrected chi connectivity index (χ4v) is 4.53. The van der Waals surface area contributed by atoms with Gasteiger partial charge in [-0.3, -0.25) is 0 Å². The van der Waals surface area contributed by atoms with E-state index >= 15 is 0 Å². The van der Waals surface area contributed by atoms with Crippen molar-refractivity contribution in [2.75, 3.05) is 0 Å². The van der Waals surface area contributed by atoms with Crippen LogP contribution in [0.25, 0.3) is 22.4 Å². The van der Waals surface area contributed by atoms with Crippen LogP contribution in [-0.2, 0) is 10.0 Å². The van der Waals surface area contributed by atoms with E-state index in [0.717, 1.165) is 21.1 Å². The first-order valence-electron chi connectivity index (χ1n) is 7.03. The van der Waals surface area contributed by atoms with Crippen LogP contribution in [-0.4, -0.2) is 13.6 Å². The average Bonchev–Trinajstić information content (AvgIpc) is 2.85. The first-order chi connectivity index (χ1) is 12.1. The maximum absolute atomic E-state index is 14.2. The van der Waals surface area contributed by atoms with E-state index in [9.17, 15) is 17.2 Å². The van der Waals surface area contributed by atoms with Crippen LogP contribution in [0.2, 0.25) is 0 Å². The van der Waals surface area contributed by atoms with Gasteiger partial charge in [0.15, 0.2) is 4.90 Å². The third-order valence-electron chi connectivity index (χ3n) is 3.57. The van der Waals surface area contributed by atoms with Crippen LogP contribution in [0.15, 0.2) is 48.7 Å². The summed E-state index contributed by atoms with van der Waals surface area (Å²) in [5.41, 5.74) is 1.41. The summed E-state index contributed by atoms with van der Waals surface area (Å²) in [6.45, 7) is 1.59. The number of nitrogens with zero attached hydrogens (tertiary/aromatic N) is 1. The molecule has 3 rings (SSSR count). The Bertz CT molecular complexity index is 1090. The van der Waals surface area contributed by atoms with Gasteiger partial charge in [0, 0.05) is 14.5 Å². The summed E-state index contributed by atoms with van der Waals surface area (Å²) < 4.78 is 57.9. The Morgan fingerprint density at radius 3 is 2.04 bits per heavy atom. The van der Waals surface area contributed by atoms with Gasteiger partial charge in [0.2, 0.25) is 10.0 Å². The van der Waals surface area contributed by atoms with Crippen molar-refractivity contribution >= 4 is 41.9 Å². The number of aromatic nitrogens is 1. The zero-order valence-corrected chi connectivity index (χ0v) is 17.0. The van der Waals surface area contributed by atoms with Gasteiger partial charge in [-0.05, 0) is 42.8 Å². The number of hydrogen-bond donors (Lipinski definition) is 1. The molecule has 1 heterocycles. The van der Waals surface area contributed by atoms with Crippen molar-refractivity contribution in [1.29, 1.82) is 0 Å². The monoisotopic (exact) mass is 506 g/mol. The van der Waals surface area contributed by atoms with Crippen molar-refractivity contribution in [2.45, 2.75) is 11.8 Å². The topological polar surface area (TPSA) is 86.2 Å². The van der Waals surface area contributed by atoms with Crippen LogP contribution >= 0.6 is 31.9 Å². The van der Waals surface area contributed by atoms with Crippen LogP contribution in [0, 0.1) is 18.6 Å². The third kappa shape index (κ3) is 3.59. The Morgan fingerprint density at radius 2 is 1.54 bits per heavy atom. The van der Waals surface area contributed by atoms with Crippen molar-refractivity contribution in [3.8, 4) is 22.4 Å². The first-order valence-corrected chi connectivity index (χ1v) is 10.2. The van der Waals surface area contributed by atoms with Crippen LogP contribution in [0.4, 0.5) is 8.78 Å². The Balaban J connectivity index is 2.25. The highest BCUT2D eigenvalue weighted by molar-refractivity contribution is 9.11. The molecule has 0 aliphatic rings. The van der Waals surface area contributed by atoms with E-state index in [1.165, 1.54) is 0 Å². The summed E-state index contributed by atoms with van der Waals surface area (Å²) in [6, 6.07) is 7.11. The molecule has 0 atom stereocenters. The minimum Gasteiger partial charge on any atom is -0.360 e. The van der Waals surface area contributed by atoms with Gasteiger partial charge in [-0.1, -0.05) is 37.0 Å². The molecule has 0 unspecified atom stereocenters. The minimum absolute atomic E-state index is 0.0808. The van der Waals surface area contributed by atoms with Gasteiger partial charge in [0.05, 0.1) is 5.56 Å². The second-order valence-electron chi connectivity index (χ2n) is 5.43. The van der Waals surface area contributed by atoms with E-state index in [1.807, 2.05) is 6.07 Å². The average molecular weight is 508 g/mol. The lowest BCUT2D eigenvalue weighted by molar-refractivity contribution is 0.400. The van der Waals surface area contributed by atoms with E-state index in [1.54, 1.807) is 19.1 Å². The maximum Gasteiger partial charge on any atom is 0.243 e. The zero-order chi connectivity index (χ0) is 19.2. The smallest absolute Gasteiger partial charge is 0.243 e. The number of benzene rings is 2. The summed E-state index contributed by atoms with van der Waals surface area (Å²) >= 11 is 6.73. The number of hydrogen-bond acceptors (Lipinski definition) is 4. The second kappa shape index (κ2) is 6.84. The van der Waals surface area contributed by atoms with E-state index in [4.69, 9.17) is 9.66 Å². The molecule has 0 aliphatic heterocycles. The highest BCUT2D eigenvalue weighted by Gasteiger charge is 2.25. The normalized spacial score (nSPS) is 11.8. The lowest BCUT2D eigenvalue weighted by Crippen LogP contribution is -2.16. The molecule has 0 saturated heterocycles. The quantitative estimate of drug-likeness (QED) is 0.553. The van der Waals surface area contributed by atoms with Crippen LogP contribution in [0.1, 0.15) is 5.76 Å². The van der Waals surface area contributed by atoms with Crippen molar-refractivity contribution < 1.29 is 21.7 Å². The largest absolute Gasteiger partial charge is 0.360 e. The number of aryl methyl sites for hydroxylation is 1. The molecule has 136 valence electrons. The molecule has 0 aliphatic carbocycles. The van der Waals surface area contributed by atoms with Gasteiger partial charge in [-0.25, -0.2) is 22.3 Å². The molecule has 26 heavy (non-hydrogen) atoms. The summed E-state index contributed by atoms with van der Waals surface area (Å²) in [5, 5.41) is 8.83. The van der Waals surface area contributed by atoms with Crippen molar-refractivity contribution in [3.63, 3.8) is 0 Å². The Labute approximate surface area is 164 Å². The molecule has 0 amide bonds. The number of sulfonamides is 1. The van der Waals surface area contributed by atoms with Crippen LogP contribution < -0.4 is 5.14 Å². The van der Waals surface area contributed by atoms with Gasteiger partial charge >= 0.3 is 0 Å². The predicted octanol–water partition coefficient (Wildman–Crippen LogP) is 4.77. The number of halogens is 4. The number of rotatable bonds is 3. The fourth-order valence-electron chi connectivity index (χ4n) is 2.58. The molecule has 0 radical (unpaired) electrons. The third-order valence-corrected chi connectivity index (χ3v) is 5.44. The molecule has 0 bridgehead atoms. The molecule has 2 N–H and O–H groups in total. The Hall–Kier alpha value is -1.62. The van der Waals surface area contributed by atoms with Crippen LogP contribution in [0.3, 0.4) is 0 Å². The van der Waals surface area contributed by atoms with Gasteiger partial charge in [-0.15, -0.1) is 0 Å². The maximum atomic E-state index is 14.2. The summed E-state index contributed by atoms with van der Waals surface area (Å²) in [5.74, 6) is -2.26. The van der Waals surface area contributed by atoms with Gasteiger partial charge < -0.3 is 4.52 Å². The van der Waals surface area contributed by atoms with Crippen molar-refractivity contribution in [2.24, 2.45) is 5.14 Å². The molecule has 3 aromatic rings. The van der Waals surface area contributed by atoms with Gasteiger partial charge in [0.25, 0.3) is 0 Å². The van der Waals surface area contributed by atoms with E-state index in [2.05, 4.69) is 37.0 Å². The fraction of sp³-hybridized carbons (Fsp3) is 0.0625. The molecule has 0 saturated carbocycles. The lowest BCUT2D eigenvalue weighted by Gasteiger charge is -2.08. The molecule has 0 fully saturated rings. The summed E-state index contributed by atoms with van der Waals surface area (Å²) in [4.78, 5) is -1.18. The second-order valence-corrected chi connectivity index (χ2v) is 8.76. The number of nitrogens with two attached hydrogens (primary N) is 1. The predicted molar refractivity (Wildman–Crippen MR) is 98.8 cm³/mol. The molecule has 5 nitrogen and oxygen atoms in total. The standard InChI is InChI=1S/C16H10Br2F2N2O3S/c1-7-14(8-4-12(19)16(13(20)5-8)26(21,23)24)15(22-25-7)9-2-10(17)6-11(18)3-9/h2-6H,1H3,(H2,21,23,24). The SMILES string of the molecule is Cc1onc(-c2cc(Br)cc(Br)c2)c1-c1cc(F)c(S(N)(=O)=O)c(F)c1. The van der Waals surface area contributed by atoms with Crippen molar-refractivity contribution in [3.05, 3.63) is 56.7 Å². The lowest BCUT2D eigenvalue weighted by atomic mass is 9.99. The van der Waals surface area contributed by atoms with Crippen molar-refractivity contribution in [1.82, 2.24) is 5.16 Å². The van der Waals surface area contributed by atoms with E-state index in [-0.39, 0.29) is 5.56 Å². The molecular formula is C16H10Br2F2N2O3S. The Morgan fingerprint density at radius 1 is 1.00 bits per heavy atom.